The van der Waals surface area contributed by atoms with Gasteiger partial charge in [0, 0.05) is 31.7 Å². The van der Waals surface area contributed by atoms with E-state index in [0.717, 1.165) is 51.9 Å². The van der Waals surface area contributed by atoms with E-state index in [1.54, 1.807) is 0 Å². The number of carboxylic acid groups (broad SMARTS) is 1. The molecule has 5 heteroatoms. The fourth-order valence-corrected chi connectivity index (χ4v) is 3.45. The third-order valence-electron chi connectivity index (χ3n) is 4.56. The molecule has 0 aromatic heterocycles. The summed E-state index contributed by atoms with van der Waals surface area (Å²) in [6.07, 6.45) is 4.76. The van der Waals surface area contributed by atoms with Crippen LogP contribution in [0.15, 0.2) is 24.3 Å². The van der Waals surface area contributed by atoms with Crippen LogP contribution in [0.25, 0.3) is 0 Å². The fraction of sp³-hybridized carbons (Fsp3) is 0.650. The molecule has 0 unspecified atom stereocenters. The molecule has 1 aliphatic rings. The zero-order valence-electron chi connectivity index (χ0n) is 15.5. The molecule has 1 heterocycles. The first-order valence-corrected chi connectivity index (χ1v) is 9.47. The van der Waals surface area contributed by atoms with Crippen LogP contribution in [0, 0.1) is 0 Å². The summed E-state index contributed by atoms with van der Waals surface area (Å²) in [7, 11) is 0. The van der Waals surface area contributed by atoms with E-state index in [1.807, 2.05) is 0 Å². The second-order valence-electron chi connectivity index (χ2n) is 7.03. The smallest absolute Gasteiger partial charge is 0.303 e. The van der Waals surface area contributed by atoms with Crippen LogP contribution in [0.3, 0.4) is 0 Å². The number of carbonyl (C=O) groups is 1. The van der Waals surface area contributed by atoms with E-state index < -0.39 is 5.97 Å². The number of anilines is 1. The lowest BCUT2D eigenvalue weighted by Gasteiger charge is -2.37. The van der Waals surface area contributed by atoms with Crippen molar-refractivity contribution in [1.29, 1.82) is 0 Å². The first kappa shape index (κ1) is 19.7. The average molecular weight is 348 g/mol. The maximum atomic E-state index is 10.5. The van der Waals surface area contributed by atoms with Crippen molar-refractivity contribution < 1.29 is 14.6 Å². The zero-order chi connectivity index (χ0) is 18.1. The molecule has 2 rings (SSSR count). The van der Waals surface area contributed by atoms with Gasteiger partial charge in [0.2, 0.25) is 0 Å². The normalized spacial score (nSPS) is 20.6. The second-order valence-corrected chi connectivity index (χ2v) is 7.03. The van der Waals surface area contributed by atoms with Gasteiger partial charge in [0.05, 0.1) is 12.2 Å². The number of hydrogen-bond donors (Lipinski definition) is 2. The number of nitrogens with one attached hydrogen (secondary N) is 1. The van der Waals surface area contributed by atoms with E-state index >= 15 is 0 Å². The predicted molar refractivity (Wildman–Crippen MR) is 101 cm³/mol. The van der Waals surface area contributed by atoms with Gasteiger partial charge in [0.1, 0.15) is 0 Å². The molecule has 0 saturated carbocycles. The molecule has 1 saturated heterocycles. The maximum Gasteiger partial charge on any atom is 0.303 e. The summed E-state index contributed by atoms with van der Waals surface area (Å²) in [5.74, 6) is -0.693. The van der Waals surface area contributed by atoms with E-state index in [0.29, 0.717) is 0 Å². The number of rotatable bonds is 10. The molecule has 140 valence electrons. The molecule has 1 aromatic rings. The Hall–Kier alpha value is -1.59. The molecule has 0 bridgehead atoms. The van der Waals surface area contributed by atoms with Crippen LogP contribution in [0.2, 0.25) is 0 Å². The van der Waals surface area contributed by atoms with E-state index in [4.69, 9.17) is 9.84 Å². The van der Waals surface area contributed by atoms with Crippen LogP contribution in [0.4, 0.5) is 5.69 Å². The molecule has 0 aliphatic carbocycles. The third kappa shape index (κ3) is 7.04. The lowest BCUT2D eigenvalue weighted by atomic mass is 10.1. The largest absolute Gasteiger partial charge is 0.481 e. The Balaban J connectivity index is 1.74. The van der Waals surface area contributed by atoms with Crippen molar-refractivity contribution in [2.24, 2.45) is 0 Å². The SMILES string of the molecule is C[C@H]1CN(c2ccccc2CNCCCCCCC(=O)O)C[C@H](C)O1. The number of para-hydroxylation sites is 1. The zero-order valence-corrected chi connectivity index (χ0v) is 15.5. The molecule has 1 aromatic carbocycles. The summed E-state index contributed by atoms with van der Waals surface area (Å²) in [4.78, 5) is 12.9. The van der Waals surface area contributed by atoms with Crippen molar-refractivity contribution in [1.82, 2.24) is 5.32 Å². The van der Waals surface area contributed by atoms with Gasteiger partial charge in [-0.2, -0.15) is 0 Å². The number of hydrogen-bond acceptors (Lipinski definition) is 4. The van der Waals surface area contributed by atoms with Crippen molar-refractivity contribution in [3.05, 3.63) is 29.8 Å². The molecule has 2 N–H and O–H groups in total. The fourth-order valence-electron chi connectivity index (χ4n) is 3.45. The van der Waals surface area contributed by atoms with Gasteiger partial charge >= 0.3 is 5.97 Å². The molecule has 1 aliphatic heterocycles. The Morgan fingerprint density at radius 3 is 2.56 bits per heavy atom. The molecular formula is C20H32N2O3. The Bertz CT molecular complexity index is 525. The van der Waals surface area contributed by atoms with Crippen molar-refractivity contribution in [2.75, 3.05) is 24.5 Å². The van der Waals surface area contributed by atoms with E-state index in [-0.39, 0.29) is 18.6 Å². The van der Waals surface area contributed by atoms with Gasteiger partial charge in [-0.3, -0.25) is 4.79 Å². The molecule has 25 heavy (non-hydrogen) atoms. The summed E-state index contributed by atoms with van der Waals surface area (Å²) >= 11 is 0. The summed E-state index contributed by atoms with van der Waals surface area (Å²) in [5, 5.41) is 12.2. The third-order valence-corrected chi connectivity index (χ3v) is 4.56. The minimum Gasteiger partial charge on any atom is -0.481 e. The molecule has 0 amide bonds. The summed E-state index contributed by atoms with van der Waals surface area (Å²) in [6, 6.07) is 8.60. The number of morpholine rings is 1. The molecular weight excluding hydrogens is 316 g/mol. The van der Waals surface area contributed by atoms with Gasteiger partial charge in [-0.05, 0) is 44.9 Å². The van der Waals surface area contributed by atoms with Crippen LogP contribution in [-0.2, 0) is 16.1 Å². The second kappa shape index (κ2) is 10.4. The highest BCUT2D eigenvalue weighted by Gasteiger charge is 2.23. The van der Waals surface area contributed by atoms with Gasteiger partial charge in [-0.25, -0.2) is 0 Å². The summed E-state index contributed by atoms with van der Waals surface area (Å²) in [6.45, 7) is 7.97. The quantitative estimate of drug-likeness (QED) is 0.634. The number of unbranched alkanes of at least 4 members (excludes halogenated alkanes) is 3. The van der Waals surface area contributed by atoms with Gasteiger partial charge in [-0.15, -0.1) is 0 Å². The Morgan fingerprint density at radius 1 is 1.16 bits per heavy atom. The highest BCUT2D eigenvalue weighted by atomic mass is 16.5. The summed E-state index contributed by atoms with van der Waals surface area (Å²) < 4.78 is 5.84. The molecule has 5 nitrogen and oxygen atoms in total. The Labute approximate surface area is 151 Å². The van der Waals surface area contributed by atoms with Crippen molar-refractivity contribution in [3.8, 4) is 0 Å². The number of benzene rings is 1. The Kier molecular flexibility index (Phi) is 8.22. The van der Waals surface area contributed by atoms with E-state index in [2.05, 4.69) is 48.3 Å². The average Bonchev–Trinajstić information content (AvgIpc) is 2.56. The molecule has 1 fully saturated rings. The molecule has 0 spiro atoms. The van der Waals surface area contributed by atoms with E-state index in [9.17, 15) is 4.79 Å². The standard InChI is InChI=1S/C20H32N2O3/c1-16-14-22(15-17(2)25-16)19-10-7-6-9-18(19)13-21-12-8-4-3-5-11-20(23)24/h6-7,9-10,16-17,21H,3-5,8,11-15H2,1-2H3,(H,23,24)/t16-,17-/m0/s1. The van der Waals surface area contributed by atoms with Crippen LogP contribution in [0.5, 0.6) is 0 Å². The molecule has 2 atom stereocenters. The number of ether oxygens (including phenoxy) is 1. The number of aliphatic carboxylic acids is 1. The summed E-state index contributed by atoms with van der Waals surface area (Å²) in [5.41, 5.74) is 2.63. The Morgan fingerprint density at radius 2 is 1.84 bits per heavy atom. The minimum atomic E-state index is -0.693. The monoisotopic (exact) mass is 348 g/mol. The van der Waals surface area contributed by atoms with E-state index in [1.165, 1.54) is 11.3 Å². The number of carboxylic acids is 1. The van der Waals surface area contributed by atoms with Crippen molar-refractivity contribution in [2.45, 2.75) is 64.7 Å². The maximum absolute atomic E-state index is 10.5. The lowest BCUT2D eigenvalue weighted by Crippen LogP contribution is -2.46. The number of nitrogens with zero attached hydrogens (tertiary/aromatic N) is 1. The predicted octanol–water partition coefficient (Wildman–Crippen LogP) is 3.42. The first-order chi connectivity index (χ1) is 12.1. The van der Waals surface area contributed by atoms with Crippen LogP contribution >= 0.6 is 0 Å². The van der Waals surface area contributed by atoms with Gasteiger partial charge < -0.3 is 20.1 Å². The van der Waals surface area contributed by atoms with Crippen LogP contribution in [-0.4, -0.2) is 42.9 Å². The van der Waals surface area contributed by atoms with Crippen LogP contribution in [0.1, 0.15) is 51.5 Å². The highest BCUT2D eigenvalue weighted by molar-refractivity contribution is 5.66. The first-order valence-electron chi connectivity index (χ1n) is 9.47. The highest BCUT2D eigenvalue weighted by Crippen LogP contribution is 2.24. The minimum absolute atomic E-state index is 0.260. The van der Waals surface area contributed by atoms with Gasteiger partial charge in [0.15, 0.2) is 0 Å². The van der Waals surface area contributed by atoms with Gasteiger partial charge in [0.25, 0.3) is 0 Å². The topological polar surface area (TPSA) is 61.8 Å². The van der Waals surface area contributed by atoms with Crippen molar-refractivity contribution in [3.63, 3.8) is 0 Å². The van der Waals surface area contributed by atoms with Gasteiger partial charge in [-0.1, -0.05) is 31.0 Å². The van der Waals surface area contributed by atoms with Crippen molar-refractivity contribution >= 4 is 11.7 Å². The van der Waals surface area contributed by atoms with Crippen LogP contribution < -0.4 is 10.2 Å². The molecule has 0 radical (unpaired) electrons. The lowest BCUT2D eigenvalue weighted by molar-refractivity contribution is -0.137.